The Morgan fingerprint density at radius 1 is 1.54 bits per heavy atom. The van der Waals surface area contributed by atoms with E-state index in [-0.39, 0.29) is 5.95 Å². The number of H-pyrrole nitrogens is 1. The van der Waals surface area contributed by atoms with Crippen LogP contribution in [0.2, 0.25) is 0 Å². The SMILES string of the molecule is O=C(Nc1ncn[nH]1)NC(F)(F)F. The number of alkyl halides is 3. The molecule has 0 unspecified atom stereocenters. The number of amides is 2. The van der Waals surface area contributed by atoms with E-state index in [0.29, 0.717) is 0 Å². The number of hydrogen-bond donors (Lipinski definition) is 3. The standard InChI is InChI=1S/C4H4F3N5O/c5-4(6,7)11-3(13)10-2-8-1-9-12-2/h1H,(H3,8,9,10,11,12,13). The van der Waals surface area contributed by atoms with E-state index in [9.17, 15) is 18.0 Å². The molecule has 1 rings (SSSR count). The number of aromatic nitrogens is 3. The van der Waals surface area contributed by atoms with Crippen molar-refractivity contribution in [1.82, 2.24) is 20.5 Å². The van der Waals surface area contributed by atoms with Crippen LogP contribution in [0.4, 0.5) is 23.9 Å². The third kappa shape index (κ3) is 3.40. The normalized spacial score (nSPS) is 11.0. The number of anilines is 1. The Hall–Kier alpha value is -1.80. The highest BCUT2D eigenvalue weighted by atomic mass is 19.4. The van der Waals surface area contributed by atoms with Crippen LogP contribution in [0.5, 0.6) is 0 Å². The lowest BCUT2D eigenvalue weighted by Gasteiger charge is -2.07. The monoisotopic (exact) mass is 195 g/mol. The van der Waals surface area contributed by atoms with E-state index < -0.39 is 12.3 Å². The number of nitrogens with zero attached hydrogens (tertiary/aromatic N) is 2. The van der Waals surface area contributed by atoms with Crippen molar-refractivity contribution in [3.05, 3.63) is 6.33 Å². The van der Waals surface area contributed by atoms with Gasteiger partial charge in [-0.1, -0.05) is 0 Å². The number of carbonyl (C=O) groups excluding carboxylic acids is 1. The molecule has 0 aliphatic heterocycles. The molecular formula is C4H4F3N5O. The molecule has 0 aliphatic rings. The van der Waals surface area contributed by atoms with Crippen molar-refractivity contribution in [3.8, 4) is 0 Å². The lowest BCUT2D eigenvalue weighted by atomic mass is 10.8. The molecule has 2 amide bonds. The Balaban J connectivity index is 2.43. The topological polar surface area (TPSA) is 82.7 Å². The summed E-state index contributed by atoms with van der Waals surface area (Å²) < 4.78 is 34.5. The number of aromatic amines is 1. The molecule has 3 N–H and O–H groups in total. The molecule has 13 heavy (non-hydrogen) atoms. The molecule has 0 spiro atoms. The summed E-state index contributed by atoms with van der Waals surface area (Å²) in [7, 11) is 0. The number of carbonyl (C=O) groups is 1. The maximum absolute atomic E-state index is 11.5. The first-order chi connectivity index (χ1) is 5.97. The second kappa shape index (κ2) is 3.29. The first-order valence-corrected chi connectivity index (χ1v) is 2.98. The number of halogens is 3. The second-order valence-corrected chi connectivity index (χ2v) is 1.91. The summed E-state index contributed by atoms with van der Waals surface area (Å²) in [4.78, 5) is 13.9. The number of urea groups is 1. The van der Waals surface area contributed by atoms with Gasteiger partial charge in [-0.25, -0.2) is 15.2 Å². The molecule has 0 atom stereocenters. The fraction of sp³-hybridized carbons (Fsp3) is 0.250. The van der Waals surface area contributed by atoms with E-state index in [4.69, 9.17) is 0 Å². The van der Waals surface area contributed by atoms with Crippen LogP contribution in [0.15, 0.2) is 6.33 Å². The van der Waals surface area contributed by atoms with Crippen molar-refractivity contribution in [2.24, 2.45) is 0 Å². The van der Waals surface area contributed by atoms with Gasteiger partial charge in [-0.3, -0.25) is 5.32 Å². The zero-order valence-corrected chi connectivity index (χ0v) is 6.01. The molecular weight excluding hydrogens is 191 g/mol. The summed E-state index contributed by atoms with van der Waals surface area (Å²) in [6, 6.07) is -1.43. The predicted molar refractivity (Wildman–Crippen MR) is 34.6 cm³/mol. The van der Waals surface area contributed by atoms with Crippen molar-refractivity contribution in [3.63, 3.8) is 0 Å². The highest BCUT2D eigenvalue weighted by molar-refractivity contribution is 5.87. The highest BCUT2D eigenvalue weighted by Crippen LogP contribution is 2.09. The third-order valence-electron chi connectivity index (χ3n) is 0.902. The maximum Gasteiger partial charge on any atom is 0.485 e. The van der Waals surface area contributed by atoms with Gasteiger partial charge in [0.25, 0.3) is 0 Å². The van der Waals surface area contributed by atoms with E-state index in [2.05, 4.69) is 15.2 Å². The van der Waals surface area contributed by atoms with Crippen LogP contribution in [-0.4, -0.2) is 27.5 Å². The molecule has 0 saturated carbocycles. The largest absolute Gasteiger partial charge is 0.485 e. The average Bonchev–Trinajstić information content (AvgIpc) is 2.34. The van der Waals surface area contributed by atoms with Crippen molar-refractivity contribution in [1.29, 1.82) is 0 Å². The Morgan fingerprint density at radius 3 is 2.69 bits per heavy atom. The van der Waals surface area contributed by atoms with Crippen LogP contribution in [0.1, 0.15) is 0 Å². The number of nitrogens with one attached hydrogen (secondary N) is 3. The number of rotatable bonds is 1. The van der Waals surface area contributed by atoms with Crippen LogP contribution < -0.4 is 10.6 Å². The van der Waals surface area contributed by atoms with Gasteiger partial charge in [0.1, 0.15) is 6.33 Å². The summed E-state index contributed by atoms with van der Waals surface area (Å²) >= 11 is 0. The summed E-state index contributed by atoms with van der Waals surface area (Å²) in [6.07, 6.45) is -3.71. The summed E-state index contributed by atoms with van der Waals surface area (Å²) in [5, 5.41) is 7.96. The molecule has 0 bridgehead atoms. The minimum absolute atomic E-state index is 0.165. The highest BCUT2D eigenvalue weighted by Gasteiger charge is 2.30. The van der Waals surface area contributed by atoms with Crippen LogP contribution in [-0.2, 0) is 0 Å². The Bertz CT molecular complexity index is 280. The fourth-order valence-corrected chi connectivity index (χ4v) is 0.533. The maximum atomic E-state index is 11.5. The van der Waals surface area contributed by atoms with E-state index >= 15 is 0 Å². The fourth-order valence-electron chi connectivity index (χ4n) is 0.533. The summed E-state index contributed by atoms with van der Waals surface area (Å²) in [5.41, 5.74) is 0. The van der Waals surface area contributed by atoms with Gasteiger partial charge in [-0.05, 0) is 0 Å². The molecule has 0 radical (unpaired) electrons. The van der Waals surface area contributed by atoms with E-state index in [1.807, 2.05) is 0 Å². The molecule has 0 saturated heterocycles. The van der Waals surface area contributed by atoms with E-state index in [1.165, 1.54) is 0 Å². The van der Waals surface area contributed by atoms with Gasteiger partial charge < -0.3 is 0 Å². The van der Waals surface area contributed by atoms with Crippen LogP contribution >= 0.6 is 0 Å². The van der Waals surface area contributed by atoms with Gasteiger partial charge in [-0.2, -0.15) is 23.3 Å². The Kier molecular flexibility index (Phi) is 2.35. The number of hydrogen-bond acceptors (Lipinski definition) is 3. The van der Waals surface area contributed by atoms with Crippen molar-refractivity contribution in [2.75, 3.05) is 5.32 Å². The minimum Gasteiger partial charge on any atom is -0.276 e. The minimum atomic E-state index is -4.76. The molecule has 9 heteroatoms. The molecule has 1 heterocycles. The molecule has 1 aromatic rings. The van der Waals surface area contributed by atoms with Gasteiger partial charge in [0.15, 0.2) is 0 Å². The molecule has 0 fully saturated rings. The lowest BCUT2D eigenvalue weighted by molar-refractivity contribution is -0.144. The van der Waals surface area contributed by atoms with Gasteiger partial charge in [0, 0.05) is 0 Å². The average molecular weight is 195 g/mol. The Labute approximate surface area is 69.5 Å². The van der Waals surface area contributed by atoms with Gasteiger partial charge in [-0.15, -0.1) is 0 Å². The zero-order valence-electron chi connectivity index (χ0n) is 6.01. The second-order valence-electron chi connectivity index (χ2n) is 1.91. The van der Waals surface area contributed by atoms with Crippen molar-refractivity contribution in [2.45, 2.75) is 6.30 Å². The van der Waals surface area contributed by atoms with Gasteiger partial charge in [0.05, 0.1) is 0 Å². The van der Waals surface area contributed by atoms with E-state index in [0.717, 1.165) is 11.6 Å². The first kappa shape index (κ1) is 9.29. The van der Waals surface area contributed by atoms with Crippen LogP contribution in [0.25, 0.3) is 0 Å². The van der Waals surface area contributed by atoms with Crippen LogP contribution in [0.3, 0.4) is 0 Å². The summed E-state index contributed by atoms with van der Waals surface area (Å²) in [5.74, 6) is -0.165. The first-order valence-electron chi connectivity index (χ1n) is 2.98. The van der Waals surface area contributed by atoms with Gasteiger partial charge >= 0.3 is 12.3 Å². The Morgan fingerprint density at radius 2 is 2.23 bits per heavy atom. The van der Waals surface area contributed by atoms with Crippen LogP contribution in [0, 0.1) is 0 Å². The molecule has 1 aromatic heterocycles. The lowest BCUT2D eigenvalue weighted by Crippen LogP contribution is -2.40. The molecule has 0 aromatic carbocycles. The van der Waals surface area contributed by atoms with Gasteiger partial charge in [0.2, 0.25) is 5.95 Å². The zero-order chi connectivity index (χ0) is 9.90. The summed E-state index contributed by atoms with van der Waals surface area (Å²) in [6.45, 7) is 0. The van der Waals surface area contributed by atoms with Crippen molar-refractivity contribution < 1.29 is 18.0 Å². The van der Waals surface area contributed by atoms with E-state index in [1.54, 1.807) is 5.32 Å². The van der Waals surface area contributed by atoms with Crippen molar-refractivity contribution >= 4 is 12.0 Å². The quantitative estimate of drug-likeness (QED) is 0.569. The smallest absolute Gasteiger partial charge is 0.276 e. The third-order valence-corrected chi connectivity index (χ3v) is 0.902. The molecule has 0 aliphatic carbocycles. The molecule has 72 valence electrons. The predicted octanol–water partition coefficient (Wildman–Crippen LogP) is 0.446. The molecule has 6 nitrogen and oxygen atoms in total.